The fourth-order valence-corrected chi connectivity index (χ4v) is 4.02. The van der Waals surface area contributed by atoms with Gasteiger partial charge in [0.05, 0.1) is 18.8 Å². The highest BCUT2D eigenvalue weighted by molar-refractivity contribution is 5.29. The van der Waals surface area contributed by atoms with Gasteiger partial charge in [-0.3, -0.25) is 4.90 Å². The molecular weight excluding hydrogens is 360 g/mol. The van der Waals surface area contributed by atoms with Crippen LogP contribution in [0.3, 0.4) is 0 Å². The van der Waals surface area contributed by atoms with Crippen LogP contribution in [-0.2, 0) is 11.2 Å². The summed E-state index contributed by atoms with van der Waals surface area (Å²) < 4.78 is 34.4. The second-order valence-corrected chi connectivity index (χ2v) is 7.39. The number of hydrogen-bond donors (Lipinski definition) is 4. The number of β-amino-alcohol motifs (C(OH)–C–C–N with tert-alkyl or cyclic N) is 1. The summed E-state index contributed by atoms with van der Waals surface area (Å²) in [5, 5.41) is 39.0. The molecule has 0 bridgehead atoms. The fourth-order valence-electron chi connectivity index (χ4n) is 4.02. The number of piperidine rings is 1. The normalized spacial score (nSPS) is 30.6. The van der Waals surface area contributed by atoms with Gasteiger partial charge in [0, 0.05) is 31.9 Å². The molecule has 27 heavy (non-hydrogen) atoms. The zero-order chi connectivity index (χ0) is 19.6. The molecule has 4 unspecified atom stereocenters. The molecule has 1 aromatic carbocycles. The summed E-state index contributed by atoms with van der Waals surface area (Å²) in [4.78, 5) is 1.55. The molecule has 0 saturated carbocycles. The van der Waals surface area contributed by atoms with Crippen molar-refractivity contribution in [3.63, 3.8) is 0 Å². The van der Waals surface area contributed by atoms with Crippen molar-refractivity contribution >= 4 is 0 Å². The summed E-state index contributed by atoms with van der Waals surface area (Å²) in [7, 11) is 0. The Morgan fingerprint density at radius 3 is 2.26 bits per heavy atom. The summed E-state index contributed by atoms with van der Waals surface area (Å²) in [6.45, 7) is 0.884. The van der Waals surface area contributed by atoms with E-state index in [9.17, 15) is 29.2 Å². The molecule has 8 heteroatoms. The number of aliphatic hydroxyl groups is 4. The second-order valence-electron chi connectivity index (χ2n) is 7.39. The summed E-state index contributed by atoms with van der Waals surface area (Å²) in [5.41, 5.74) is 0.579. The predicted molar refractivity (Wildman–Crippen MR) is 93.3 cm³/mol. The monoisotopic (exact) mass is 387 g/mol. The van der Waals surface area contributed by atoms with Crippen LogP contribution >= 0.6 is 0 Å². The molecule has 0 aliphatic carbocycles. The van der Waals surface area contributed by atoms with E-state index in [1.807, 2.05) is 0 Å². The first-order valence-electron chi connectivity index (χ1n) is 9.37. The molecule has 152 valence electrons. The molecule has 3 rings (SSSR count). The van der Waals surface area contributed by atoms with Crippen LogP contribution in [0.5, 0.6) is 0 Å². The molecule has 1 aromatic rings. The number of aliphatic hydroxyl groups excluding tert-OH is 4. The van der Waals surface area contributed by atoms with Crippen LogP contribution in [0.4, 0.5) is 8.78 Å². The lowest BCUT2D eigenvalue weighted by Crippen LogP contribution is -2.62. The zero-order valence-corrected chi connectivity index (χ0v) is 15.1. The van der Waals surface area contributed by atoms with Crippen LogP contribution < -0.4 is 0 Å². The Hall–Kier alpha value is -1.16. The van der Waals surface area contributed by atoms with Crippen LogP contribution in [-0.4, -0.2) is 82.6 Å². The largest absolute Gasteiger partial charge is 0.395 e. The van der Waals surface area contributed by atoms with Crippen LogP contribution in [0.15, 0.2) is 12.1 Å². The molecule has 2 aliphatic rings. The van der Waals surface area contributed by atoms with Gasteiger partial charge in [-0.25, -0.2) is 8.78 Å². The van der Waals surface area contributed by atoms with Crippen molar-refractivity contribution in [2.45, 2.75) is 49.5 Å². The molecule has 0 amide bonds. The number of benzene rings is 1. The summed E-state index contributed by atoms with van der Waals surface area (Å²) in [6, 6.07) is 1.96. The van der Waals surface area contributed by atoms with E-state index in [4.69, 9.17) is 4.74 Å². The minimum atomic E-state index is -1.36. The maximum atomic E-state index is 14.5. The number of nitrogens with zero attached hydrogens (tertiary/aromatic N) is 1. The van der Waals surface area contributed by atoms with E-state index in [1.165, 1.54) is 12.1 Å². The van der Waals surface area contributed by atoms with Gasteiger partial charge in [0.2, 0.25) is 0 Å². The van der Waals surface area contributed by atoms with Crippen LogP contribution in [0.25, 0.3) is 0 Å². The minimum Gasteiger partial charge on any atom is -0.395 e. The highest BCUT2D eigenvalue weighted by Gasteiger charge is 2.40. The third-order valence-corrected chi connectivity index (χ3v) is 5.72. The standard InChI is InChI=1S/C19H27F2NO5/c20-14-7-12(11-2-5-27-6-3-11)8-15(21)13(14)1-4-22-9-17(24)19(26)18(25)16(22)10-23/h7-8,11,16-19,23-26H,1-6,9-10H2. The van der Waals surface area contributed by atoms with Gasteiger partial charge in [0.25, 0.3) is 0 Å². The Bertz CT molecular complexity index is 618. The summed E-state index contributed by atoms with van der Waals surface area (Å²) in [5.74, 6) is -1.14. The Labute approximate surface area is 157 Å². The van der Waals surface area contributed by atoms with E-state index in [1.54, 1.807) is 4.90 Å². The highest BCUT2D eigenvalue weighted by atomic mass is 19.1. The molecule has 0 aromatic heterocycles. The summed E-state index contributed by atoms with van der Waals surface area (Å²) in [6.07, 6.45) is -2.37. The maximum Gasteiger partial charge on any atom is 0.129 e. The van der Waals surface area contributed by atoms with E-state index >= 15 is 0 Å². The molecule has 2 heterocycles. The second kappa shape index (κ2) is 8.89. The first-order chi connectivity index (χ1) is 12.9. The van der Waals surface area contributed by atoms with Gasteiger partial charge in [0.15, 0.2) is 0 Å². The molecule has 6 nitrogen and oxygen atoms in total. The predicted octanol–water partition coefficient (Wildman–Crippen LogP) is 0.160. The number of likely N-dealkylation sites (tertiary alicyclic amines) is 1. The molecule has 2 saturated heterocycles. The maximum absolute atomic E-state index is 14.5. The third kappa shape index (κ3) is 4.47. The van der Waals surface area contributed by atoms with Crippen molar-refractivity contribution in [2.75, 3.05) is 32.9 Å². The van der Waals surface area contributed by atoms with Gasteiger partial charge in [-0.05, 0) is 42.9 Å². The van der Waals surface area contributed by atoms with Crippen molar-refractivity contribution in [3.05, 3.63) is 34.9 Å². The lowest BCUT2D eigenvalue weighted by molar-refractivity contribution is -0.144. The van der Waals surface area contributed by atoms with E-state index in [-0.39, 0.29) is 31.0 Å². The zero-order valence-electron chi connectivity index (χ0n) is 15.1. The van der Waals surface area contributed by atoms with E-state index in [2.05, 4.69) is 0 Å². The van der Waals surface area contributed by atoms with Crippen molar-refractivity contribution in [1.29, 1.82) is 0 Å². The van der Waals surface area contributed by atoms with Gasteiger partial charge in [-0.15, -0.1) is 0 Å². The Morgan fingerprint density at radius 1 is 1.04 bits per heavy atom. The quantitative estimate of drug-likeness (QED) is 0.575. The number of rotatable bonds is 5. The topological polar surface area (TPSA) is 93.4 Å². The van der Waals surface area contributed by atoms with Crippen molar-refractivity contribution in [3.8, 4) is 0 Å². The number of ether oxygens (including phenoxy) is 1. The minimum absolute atomic E-state index is 0.00679. The molecular formula is C19H27F2NO5. The third-order valence-electron chi connectivity index (χ3n) is 5.72. The van der Waals surface area contributed by atoms with Crippen LogP contribution in [0.2, 0.25) is 0 Å². The molecule has 0 spiro atoms. The molecule has 4 N–H and O–H groups in total. The Kier molecular flexibility index (Phi) is 6.78. The van der Waals surface area contributed by atoms with Gasteiger partial charge in [-0.2, -0.15) is 0 Å². The Balaban J connectivity index is 1.70. The summed E-state index contributed by atoms with van der Waals surface area (Å²) >= 11 is 0. The number of hydrogen-bond acceptors (Lipinski definition) is 6. The van der Waals surface area contributed by atoms with Crippen molar-refractivity contribution in [2.24, 2.45) is 0 Å². The Morgan fingerprint density at radius 2 is 1.67 bits per heavy atom. The molecule has 2 aliphatic heterocycles. The molecule has 4 atom stereocenters. The smallest absolute Gasteiger partial charge is 0.129 e. The van der Waals surface area contributed by atoms with Gasteiger partial charge >= 0.3 is 0 Å². The van der Waals surface area contributed by atoms with Gasteiger partial charge < -0.3 is 25.2 Å². The van der Waals surface area contributed by atoms with Gasteiger partial charge in [-0.1, -0.05) is 0 Å². The van der Waals surface area contributed by atoms with Crippen molar-refractivity contribution < 1.29 is 33.9 Å². The first-order valence-corrected chi connectivity index (χ1v) is 9.37. The van der Waals surface area contributed by atoms with E-state index in [0.717, 1.165) is 12.8 Å². The number of halogens is 2. The average Bonchev–Trinajstić information content (AvgIpc) is 2.66. The first kappa shape index (κ1) is 20.6. The lowest BCUT2D eigenvalue weighted by Gasteiger charge is -2.43. The SMILES string of the molecule is OCC1C(O)C(O)C(O)CN1CCc1c(F)cc(C2CCOCC2)cc1F. The van der Waals surface area contributed by atoms with Crippen LogP contribution in [0.1, 0.15) is 29.9 Å². The molecule has 0 radical (unpaired) electrons. The van der Waals surface area contributed by atoms with Crippen LogP contribution in [0, 0.1) is 11.6 Å². The highest BCUT2D eigenvalue weighted by Crippen LogP contribution is 2.30. The van der Waals surface area contributed by atoms with E-state index < -0.39 is 42.6 Å². The lowest BCUT2D eigenvalue weighted by atomic mass is 9.90. The molecule has 2 fully saturated rings. The average molecular weight is 387 g/mol. The fraction of sp³-hybridized carbons (Fsp3) is 0.684. The van der Waals surface area contributed by atoms with Gasteiger partial charge in [0.1, 0.15) is 23.8 Å². The van der Waals surface area contributed by atoms with Crippen molar-refractivity contribution in [1.82, 2.24) is 4.90 Å². The van der Waals surface area contributed by atoms with E-state index in [0.29, 0.717) is 18.8 Å².